The minimum atomic E-state index is -0.211. The van der Waals surface area contributed by atoms with E-state index in [0.717, 1.165) is 16.9 Å². The Balaban J connectivity index is 1.85. The molecule has 0 saturated carbocycles. The molecule has 0 fully saturated rings. The molecule has 1 aromatic heterocycles. The summed E-state index contributed by atoms with van der Waals surface area (Å²) in [6.07, 6.45) is 0. The Hall–Kier alpha value is -3.07. The van der Waals surface area contributed by atoms with Gasteiger partial charge < -0.3 is 9.88 Å². The average Bonchev–Trinajstić information content (AvgIpc) is 2.96. The molecule has 1 N–H and O–H groups in total. The summed E-state index contributed by atoms with van der Waals surface area (Å²) >= 11 is 0. The molecule has 0 radical (unpaired) electrons. The molecule has 122 valence electrons. The van der Waals surface area contributed by atoms with Crippen molar-refractivity contribution in [3.8, 4) is 5.69 Å². The third-order valence-corrected chi connectivity index (χ3v) is 5.10. The molecule has 1 aliphatic heterocycles. The number of benzene rings is 3. The first-order valence-electron chi connectivity index (χ1n) is 8.45. The fourth-order valence-electron chi connectivity index (χ4n) is 3.94. The average molecular weight is 328 g/mol. The Bertz CT molecular complexity index is 1090. The summed E-state index contributed by atoms with van der Waals surface area (Å²) in [7, 11) is 0. The van der Waals surface area contributed by atoms with E-state index in [9.17, 15) is 4.39 Å². The Kier molecular flexibility index (Phi) is 2.98. The molecule has 0 spiro atoms. The van der Waals surface area contributed by atoms with E-state index >= 15 is 0 Å². The maximum absolute atomic E-state index is 13.4. The molecular formula is C22H17FN2. The van der Waals surface area contributed by atoms with Gasteiger partial charge in [-0.15, -0.1) is 0 Å². The normalized spacial score (nSPS) is 15.5. The maximum Gasteiger partial charge on any atom is 0.123 e. The summed E-state index contributed by atoms with van der Waals surface area (Å²) in [6.45, 7) is 2.17. The standard InChI is InChI=1S/C22H17FN2/c1-14-17-6-2-4-8-19(17)25-20-9-5-3-7-18(20)24-21(22(14)25)15-10-12-16(23)13-11-15/h2-13,21,24H,1H3. The molecule has 2 heterocycles. The zero-order valence-corrected chi connectivity index (χ0v) is 13.8. The molecule has 5 rings (SSSR count). The lowest BCUT2D eigenvalue weighted by atomic mass is 9.97. The van der Waals surface area contributed by atoms with Crippen LogP contribution in [0.4, 0.5) is 10.1 Å². The molecule has 25 heavy (non-hydrogen) atoms. The van der Waals surface area contributed by atoms with Gasteiger partial charge in [0.2, 0.25) is 0 Å². The van der Waals surface area contributed by atoms with Crippen molar-refractivity contribution in [3.05, 3.63) is 95.4 Å². The van der Waals surface area contributed by atoms with Crippen LogP contribution in [0.25, 0.3) is 16.6 Å². The maximum atomic E-state index is 13.4. The molecule has 3 heteroatoms. The highest BCUT2D eigenvalue weighted by molar-refractivity contribution is 5.90. The molecule has 0 amide bonds. The van der Waals surface area contributed by atoms with Gasteiger partial charge in [0.15, 0.2) is 0 Å². The predicted molar refractivity (Wildman–Crippen MR) is 99.9 cm³/mol. The molecule has 2 nitrogen and oxygen atoms in total. The van der Waals surface area contributed by atoms with E-state index in [-0.39, 0.29) is 11.9 Å². The van der Waals surface area contributed by atoms with Crippen molar-refractivity contribution in [1.82, 2.24) is 4.57 Å². The van der Waals surface area contributed by atoms with E-state index in [1.165, 1.54) is 34.3 Å². The van der Waals surface area contributed by atoms with Gasteiger partial charge in [-0.25, -0.2) is 4.39 Å². The number of hydrogen-bond donors (Lipinski definition) is 1. The third kappa shape index (κ3) is 2.02. The number of rotatable bonds is 1. The fourth-order valence-corrected chi connectivity index (χ4v) is 3.94. The van der Waals surface area contributed by atoms with Crippen LogP contribution in [-0.2, 0) is 0 Å². The van der Waals surface area contributed by atoms with Crippen molar-refractivity contribution in [3.63, 3.8) is 0 Å². The minimum Gasteiger partial charge on any atom is -0.371 e. The van der Waals surface area contributed by atoms with Crippen LogP contribution in [0.5, 0.6) is 0 Å². The summed E-state index contributed by atoms with van der Waals surface area (Å²) in [5.74, 6) is -0.211. The van der Waals surface area contributed by atoms with Crippen LogP contribution >= 0.6 is 0 Å². The third-order valence-electron chi connectivity index (χ3n) is 5.10. The first-order valence-corrected chi connectivity index (χ1v) is 8.45. The van der Waals surface area contributed by atoms with Gasteiger partial charge in [0, 0.05) is 5.39 Å². The van der Waals surface area contributed by atoms with Crippen molar-refractivity contribution in [2.45, 2.75) is 13.0 Å². The highest BCUT2D eigenvalue weighted by atomic mass is 19.1. The Labute approximate surface area is 145 Å². The van der Waals surface area contributed by atoms with Crippen molar-refractivity contribution < 1.29 is 4.39 Å². The molecular weight excluding hydrogens is 311 g/mol. The van der Waals surface area contributed by atoms with E-state index in [1.807, 2.05) is 18.2 Å². The monoisotopic (exact) mass is 328 g/mol. The Morgan fingerprint density at radius 1 is 0.880 bits per heavy atom. The number of aromatic nitrogens is 1. The highest BCUT2D eigenvalue weighted by Gasteiger charge is 2.29. The van der Waals surface area contributed by atoms with E-state index in [0.29, 0.717) is 0 Å². The molecule has 4 aromatic rings. The van der Waals surface area contributed by atoms with Crippen molar-refractivity contribution in [2.75, 3.05) is 5.32 Å². The van der Waals surface area contributed by atoms with Crippen LogP contribution in [0.3, 0.4) is 0 Å². The minimum absolute atomic E-state index is 0.0112. The summed E-state index contributed by atoms with van der Waals surface area (Å²) in [4.78, 5) is 0. The first-order chi connectivity index (χ1) is 12.2. The summed E-state index contributed by atoms with van der Waals surface area (Å²) in [5, 5.41) is 4.90. The molecule has 0 aliphatic carbocycles. The molecule has 1 atom stereocenters. The molecule has 0 saturated heterocycles. The molecule has 3 aromatic carbocycles. The van der Waals surface area contributed by atoms with Crippen molar-refractivity contribution in [1.29, 1.82) is 0 Å². The van der Waals surface area contributed by atoms with Crippen molar-refractivity contribution >= 4 is 16.6 Å². The lowest BCUT2D eigenvalue weighted by molar-refractivity contribution is 0.626. The quantitative estimate of drug-likeness (QED) is 0.482. The largest absolute Gasteiger partial charge is 0.371 e. The summed E-state index contributed by atoms with van der Waals surface area (Å²) in [5.41, 5.74) is 6.97. The zero-order chi connectivity index (χ0) is 17.0. The number of aryl methyl sites for hydroxylation is 1. The van der Waals surface area contributed by atoms with E-state index in [1.54, 1.807) is 0 Å². The predicted octanol–water partition coefficient (Wildman–Crippen LogP) is 5.59. The van der Waals surface area contributed by atoms with Crippen LogP contribution in [0.15, 0.2) is 72.8 Å². The Morgan fingerprint density at radius 3 is 2.44 bits per heavy atom. The molecule has 1 unspecified atom stereocenters. The van der Waals surface area contributed by atoms with Crippen LogP contribution in [0.2, 0.25) is 0 Å². The van der Waals surface area contributed by atoms with Crippen LogP contribution < -0.4 is 5.32 Å². The lowest BCUT2D eigenvalue weighted by Gasteiger charge is -2.30. The molecule has 0 bridgehead atoms. The number of nitrogens with one attached hydrogen (secondary N) is 1. The van der Waals surface area contributed by atoms with Crippen LogP contribution in [0, 0.1) is 12.7 Å². The van der Waals surface area contributed by atoms with Crippen molar-refractivity contribution in [2.24, 2.45) is 0 Å². The number of nitrogens with zero attached hydrogens (tertiary/aromatic N) is 1. The number of halogens is 1. The van der Waals surface area contributed by atoms with Gasteiger partial charge in [-0.1, -0.05) is 42.5 Å². The molecule has 1 aliphatic rings. The smallest absolute Gasteiger partial charge is 0.123 e. The van der Waals surface area contributed by atoms with Gasteiger partial charge in [0.25, 0.3) is 0 Å². The lowest BCUT2D eigenvalue weighted by Crippen LogP contribution is -2.23. The van der Waals surface area contributed by atoms with Gasteiger partial charge in [0.1, 0.15) is 5.82 Å². The van der Waals surface area contributed by atoms with Crippen LogP contribution in [-0.4, -0.2) is 4.57 Å². The second kappa shape index (κ2) is 5.21. The number of anilines is 1. The van der Waals surface area contributed by atoms with Gasteiger partial charge in [-0.2, -0.15) is 0 Å². The number of para-hydroxylation sites is 3. The summed E-state index contributed by atoms with van der Waals surface area (Å²) in [6, 6.07) is 23.6. The van der Waals surface area contributed by atoms with E-state index in [2.05, 4.69) is 59.3 Å². The van der Waals surface area contributed by atoms with E-state index < -0.39 is 0 Å². The zero-order valence-electron chi connectivity index (χ0n) is 13.8. The first kappa shape index (κ1) is 14.3. The SMILES string of the molecule is Cc1c2n(c3ccccc13)-c1ccccc1NC2c1ccc(F)cc1. The van der Waals surface area contributed by atoms with E-state index in [4.69, 9.17) is 0 Å². The second-order valence-corrected chi connectivity index (χ2v) is 6.51. The second-order valence-electron chi connectivity index (χ2n) is 6.51. The van der Waals surface area contributed by atoms with Crippen LogP contribution in [0.1, 0.15) is 22.9 Å². The van der Waals surface area contributed by atoms with Gasteiger partial charge in [-0.3, -0.25) is 0 Å². The summed E-state index contributed by atoms with van der Waals surface area (Å²) < 4.78 is 15.7. The topological polar surface area (TPSA) is 17.0 Å². The van der Waals surface area contributed by atoms with Gasteiger partial charge in [-0.05, 0) is 48.4 Å². The number of hydrogen-bond acceptors (Lipinski definition) is 1. The fraction of sp³-hybridized carbons (Fsp3) is 0.0909. The Morgan fingerprint density at radius 2 is 1.60 bits per heavy atom. The number of fused-ring (bicyclic) bond motifs is 5. The highest BCUT2D eigenvalue weighted by Crippen LogP contribution is 2.42. The van der Waals surface area contributed by atoms with Gasteiger partial charge in [0.05, 0.1) is 28.6 Å². The van der Waals surface area contributed by atoms with Gasteiger partial charge >= 0.3 is 0 Å².